The van der Waals surface area contributed by atoms with Crippen LogP contribution in [0.15, 0.2) is 26.7 Å². The van der Waals surface area contributed by atoms with E-state index >= 15 is 0 Å². The second-order valence-corrected chi connectivity index (χ2v) is 9.73. The van der Waals surface area contributed by atoms with Gasteiger partial charge in [-0.1, -0.05) is 12.5 Å². The second kappa shape index (κ2) is 10.9. The molecule has 0 bridgehead atoms. The van der Waals surface area contributed by atoms with Crippen LogP contribution in [0.2, 0.25) is 0 Å². The van der Waals surface area contributed by atoms with Crippen LogP contribution in [-0.2, 0) is 10.0 Å². The van der Waals surface area contributed by atoms with Gasteiger partial charge in [-0.15, -0.1) is 35.3 Å². The normalized spacial score (nSPS) is 21.9. The number of hydrogen-bond donors (Lipinski definition) is 2. The van der Waals surface area contributed by atoms with Gasteiger partial charge in [0.05, 0.1) is 0 Å². The molecule has 7 nitrogen and oxygen atoms in total. The molecule has 1 unspecified atom stereocenters. The highest BCUT2D eigenvalue weighted by Crippen LogP contribution is 2.20. The van der Waals surface area contributed by atoms with E-state index in [1.807, 2.05) is 0 Å². The van der Waals surface area contributed by atoms with E-state index in [9.17, 15) is 8.42 Å². The zero-order chi connectivity index (χ0) is 18.4. The van der Waals surface area contributed by atoms with Gasteiger partial charge in [0.15, 0.2) is 5.96 Å². The van der Waals surface area contributed by atoms with Crippen LogP contribution in [0.1, 0.15) is 25.7 Å². The molecular weight excluding hydrogens is 497 g/mol. The number of aliphatic imine (C=N–C) groups is 1. The van der Waals surface area contributed by atoms with Crippen molar-refractivity contribution in [3.63, 3.8) is 0 Å². The summed E-state index contributed by atoms with van der Waals surface area (Å²) in [6, 6.07) is 3.97. The third kappa shape index (κ3) is 6.28. The van der Waals surface area contributed by atoms with Crippen molar-refractivity contribution in [1.29, 1.82) is 0 Å². The van der Waals surface area contributed by atoms with E-state index in [0.29, 0.717) is 23.3 Å². The molecule has 1 aromatic rings. The van der Waals surface area contributed by atoms with Crippen LogP contribution in [0.3, 0.4) is 0 Å². The quantitative estimate of drug-likeness (QED) is 0.255. The van der Waals surface area contributed by atoms with Crippen LogP contribution < -0.4 is 10.0 Å². The van der Waals surface area contributed by atoms with Gasteiger partial charge in [-0.25, -0.2) is 13.1 Å². The van der Waals surface area contributed by atoms with Crippen LogP contribution in [0.4, 0.5) is 0 Å². The topological polar surface area (TPSA) is 77.0 Å². The van der Waals surface area contributed by atoms with E-state index in [1.54, 1.807) is 24.6 Å². The number of nitrogens with zero attached hydrogens (tertiary/aromatic N) is 3. The lowest BCUT2D eigenvalue weighted by atomic mass is 10.1. The maximum atomic E-state index is 12.1. The Bertz CT molecular complexity index is 690. The molecule has 27 heavy (non-hydrogen) atoms. The van der Waals surface area contributed by atoms with E-state index in [2.05, 4.69) is 24.8 Å². The van der Waals surface area contributed by atoms with E-state index in [1.165, 1.54) is 50.1 Å². The number of likely N-dealkylation sites (tertiary alicyclic amines) is 2. The number of piperidine rings is 1. The minimum atomic E-state index is -3.40. The lowest BCUT2D eigenvalue weighted by Gasteiger charge is -2.32. The Kier molecular flexibility index (Phi) is 9.26. The summed E-state index contributed by atoms with van der Waals surface area (Å²) in [4.78, 5) is 9.27. The van der Waals surface area contributed by atoms with E-state index in [0.717, 1.165) is 19.0 Å². The molecule has 0 saturated carbocycles. The molecule has 0 spiro atoms. The summed E-state index contributed by atoms with van der Waals surface area (Å²) in [6.45, 7) is 5.29. The van der Waals surface area contributed by atoms with Crippen molar-refractivity contribution in [1.82, 2.24) is 19.8 Å². The summed E-state index contributed by atoms with van der Waals surface area (Å²) >= 11 is 1.23. The molecule has 154 valence electrons. The molecule has 0 radical (unpaired) electrons. The molecule has 0 aliphatic carbocycles. The van der Waals surface area contributed by atoms with Crippen LogP contribution in [0, 0.1) is 0 Å². The van der Waals surface area contributed by atoms with Crippen LogP contribution in [-0.4, -0.2) is 76.5 Å². The highest BCUT2D eigenvalue weighted by Gasteiger charge is 2.29. The summed E-state index contributed by atoms with van der Waals surface area (Å²) in [5.74, 6) is 0.861. The van der Waals surface area contributed by atoms with Crippen molar-refractivity contribution in [2.45, 2.75) is 35.9 Å². The number of guanidine groups is 1. The van der Waals surface area contributed by atoms with E-state index in [-0.39, 0.29) is 24.0 Å². The lowest BCUT2D eigenvalue weighted by Crippen LogP contribution is -2.46. The van der Waals surface area contributed by atoms with Gasteiger partial charge in [-0.2, -0.15) is 0 Å². The zero-order valence-corrected chi connectivity index (χ0v) is 19.7. The molecule has 1 aromatic heterocycles. The summed E-state index contributed by atoms with van der Waals surface area (Å²) in [5.41, 5.74) is 0. The molecule has 0 amide bonds. The van der Waals surface area contributed by atoms with Gasteiger partial charge in [0.2, 0.25) is 10.0 Å². The predicted molar refractivity (Wildman–Crippen MR) is 122 cm³/mol. The van der Waals surface area contributed by atoms with Gasteiger partial charge in [-0.3, -0.25) is 9.89 Å². The fraction of sp³-hybridized carbons (Fsp3) is 0.706. The standard InChI is InChI=1S/C17H29N5O2S2.HI/c1-18-17(19-8-9-20-26(23,24)16-6-5-13-25-16)22-12-7-15(14-22)21-10-3-2-4-11-21;/h5-6,13,15,20H,2-4,7-12,14H2,1H3,(H,18,19);1H. The Morgan fingerprint density at radius 2 is 2.04 bits per heavy atom. The zero-order valence-electron chi connectivity index (χ0n) is 15.8. The largest absolute Gasteiger partial charge is 0.355 e. The maximum absolute atomic E-state index is 12.1. The third-order valence-corrected chi connectivity index (χ3v) is 7.90. The van der Waals surface area contributed by atoms with Gasteiger partial charge >= 0.3 is 0 Å². The Morgan fingerprint density at radius 1 is 1.26 bits per heavy atom. The lowest BCUT2D eigenvalue weighted by molar-refractivity contribution is 0.168. The fourth-order valence-corrected chi connectivity index (χ4v) is 5.76. The third-order valence-electron chi connectivity index (χ3n) is 5.04. The molecule has 3 heterocycles. The van der Waals surface area contributed by atoms with Gasteiger partial charge in [0, 0.05) is 39.3 Å². The molecule has 2 fully saturated rings. The molecule has 1 atom stereocenters. The molecule has 0 aromatic carbocycles. The maximum Gasteiger partial charge on any atom is 0.250 e. The Hall–Kier alpha value is -0.430. The van der Waals surface area contributed by atoms with Crippen molar-refractivity contribution in [3.05, 3.63) is 17.5 Å². The highest BCUT2D eigenvalue weighted by molar-refractivity contribution is 14.0. The first-order valence-corrected chi connectivity index (χ1v) is 11.7. The minimum Gasteiger partial charge on any atom is -0.355 e. The van der Waals surface area contributed by atoms with Crippen molar-refractivity contribution >= 4 is 51.3 Å². The molecule has 3 rings (SSSR count). The first kappa shape index (κ1) is 22.9. The SMILES string of the molecule is CN=C(NCCNS(=O)(=O)c1cccs1)N1CCC(N2CCCCC2)C1.I. The second-order valence-electron chi connectivity index (χ2n) is 6.79. The number of rotatable bonds is 6. The van der Waals surface area contributed by atoms with Crippen molar-refractivity contribution in [2.24, 2.45) is 4.99 Å². The number of sulfonamides is 1. The monoisotopic (exact) mass is 527 g/mol. The average Bonchev–Trinajstić information content (AvgIpc) is 3.35. The molecule has 10 heteroatoms. The van der Waals surface area contributed by atoms with E-state index < -0.39 is 10.0 Å². The van der Waals surface area contributed by atoms with Gasteiger partial charge < -0.3 is 10.2 Å². The van der Waals surface area contributed by atoms with Crippen molar-refractivity contribution < 1.29 is 8.42 Å². The van der Waals surface area contributed by atoms with E-state index in [4.69, 9.17) is 0 Å². The first-order valence-electron chi connectivity index (χ1n) is 9.33. The van der Waals surface area contributed by atoms with Gasteiger partial charge in [-0.05, 0) is 43.8 Å². The molecule has 2 saturated heterocycles. The number of nitrogens with one attached hydrogen (secondary N) is 2. The first-order chi connectivity index (χ1) is 12.6. The fourth-order valence-electron chi connectivity index (χ4n) is 3.70. The van der Waals surface area contributed by atoms with Crippen LogP contribution in [0.25, 0.3) is 0 Å². The predicted octanol–water partition coefficient (Wildman–Crippen LogP) is 1.78. The minimum absolute atomic E-state index is 0. The summed E-state index contributed by atoms with van der Waals surface area (Å²) < 4.78 is 27.2. The number of hydrogen-bond acceptors (Lipinski definition) is 5. The summed E-state index contributed by atoms with van der Waals surface area (Å²) in [6.07, 6.45) is 5.16. The van der Waals surface area contributed by atoms with Gasteiger partial charge in [0.1, 0.15) is 4.21 Å². The highest BCUT2D eigenvalue weighted by atomic mass is 127. The Morgan fingerprint density at radius 3 is 2.70 bits per heavy atom. The Balaban J connectivity index is 0.00000261. The summed E-state index contributed by atoms with van der Waals surface area (Å²) in [7, 11) is -1.61. The molecule has 2 aliphatic heterocycles. The number of halogens is 1. The molecule has 2 N–H and O–H groups in total. The Labute approximate surface area is 183 Å². The molecular formula is C17H30IN5O2S2. The van der Waals surface area contributed by atoms with Gasteiger partial charge in [0.25, 0.3) is 0 Å². The van der Waals surface area contributed by atoms with Crippen LogP contribution in [0.5, 0.6) is 0 Å². The smallest absolute Gasteiger partial charge is 0.250 e. The van der Waals surface area contributed by atoms with Crippen molar-refractivity contribution in [3.8, 4) is 0 Å². The summed E-state index contributed by atoms with van der Waals surface area (Å²) in [5, 5.41) is 5.05. The van der Waals surface area contributed by atoms with Crippen molar-refractivity contribution in [2.75, 3.05) is 46.3 Å². The number of thiophene rings is 1. The average molecular weight is 527 g/mol. The molecule has 2 aliphatic rings. The van der Waals surface area contributed by atoms with Crippen LogP contribution >= 0.6 is 35.3 Å².